The van der Waals surface area contributed by atoms with E-state index in [0.29, 0.717) is 9.84 Å². The molecule has 0 fully saturated rings. The number of nitrogens with two attached hydrogens (primary N) is 1. The molecule has 1 nitrogen and oxygen atoms in total. The van der Waals surface area contributed by atoms with E-state index in [2.05, 4.69) is 61.6 Å². The van der Waals surface area contributed by atoms with E-state index >= 15 is 0 Å². The smallest absolute Gasteiger partial charge is 0.0314 e. The highest BCUT2D eigenvalue weighted by molar-refractivity contribution is 14.1. The Balaban J connectivity index is 2.63. The Labute approximate surface area is 116 Å². The topological polar surface area (TPSA) is 26.0 Å². The van der Waals surface area contributed by atoms with E-state index in [0.717, 1.165) is 5.69 Å². The number of allylic oxidation sites excluding steroid dienone is 2. The summed E-state index contributed by atoms with van der Waals surface area (Å²) in [5, 5.41) is 0. The van der Waals surface area contributed by atoms with Crippen molar-refractivity contribution in [2.24, 2.45) is 5.92 Å². The fraction of sp³-hybridized carbons (Fsp3) is 0.385. The molecule has 0 amide bonds. The molecule has 1 aromatic rings. The summed E-state index contributed by atoms with van der Waals surface area (Å²) < 4.78 is 0.666. The number of anilines is 1. The van der Waals surface area contributed by atoms with Gasteiger partial charge in [0.15, 0.2) is 0 Å². The van der Waals surface area contributed by atoms with E-state index in [9.17, 15) is 0 Å². The first-order valence-corrected chi connectivity index (χ1v) is 7.41. The predicted molar refractivity (Wildman–Crippen MR) is 83.1 cm³/mol. The van der Waals surface area contributed by atoms with Gasteiger partial charge in [-0.3, -0.25) is 0 Å². The number of hydrogen-bond donors (Lipinski definition) is 1. The van der Waals surface area contributed by atoms with Gasteiger partial charge in [-0.2, -0.15) is 0 Å². The Morgan fingerprint density at radius 2 is 1.88 bits per heavy atom. The summed E-state index contributed by atoms with van der Waals surface area (Å²) in [6.07, 6.45) is 2.33. The lowest BCUT2D eigenvalue weighted by Gasteiger charge is -2.10. The Bertz CT molecular complexity index is 357. The second-order valence-corrected chi connectivity index (χ2v) is 7.27. The molecule has 2 N–H and O–H groups in total. The van der Waals surface area contributed by atoms with E-state index in [1.165, 1.54) is 9.80 Å². The van der Waals surface area contributed by atoms with Crippen LogP contribution in [0.25, 0.3) is 0 Å². The van der Waals surface area contributed by atoms with E-state index in [1.54, 1.807) is 11.8 Å². The van der Waals surface area contributed by atoms with Gasteiger partial charge in [0, 0.05) is 14.5 Å². The van der Waals surface area contributed by atoms with E-state index in [-0.39, 0.29) is 0 Å². The van der Waals surface area contributed by atoms with Crippen LogP contribution in [0.4, 0.5) is 5.69 Å². The summed E-state index contributed by atoms with van der Waals surface area (Å²) in [7, 11) is 0. The first-order valence-electron chi connectivity index (χ1n) is 5.35. The van der Waals surface area contributed by atoms with Crippen LogP contribution in [0.2, 0.25) is 0 Å². The molecule has 2 atom stereocenters. The van der Waals surface area contributed by atoms with Crippen LogP contribution >= 0.6 is 34.4 Å². The Morgan fingerprint density at radius 1 is 1.31 bits per heavy atom. The fourth-order valence-electron chi connectivity index (χ4n) is 1.26. The molecule has 1 rings (SSSR count). The van der Waals surface area contributed by atoms with Crippen molar-refractivity contribution in [1.29, 1.82) is 0 Å². The van der Waals surface area contributed by atoms with Crippen LogP contribution < -0.4 is 5.73 Å². The Kier molecular flexibility index (Phi) is 5.69. The summed E-state index contributed by atoms with van der Waals surface area (Å²) in [6, 6.07) is 8.02. The average Bonchev–Trinajstić information content (AvgIpc) is 2.21. The minimum atomic E-state index is 0.613. The molecule has 0 aliphatic carbocycles. The lowest BCUT2D eigenvalue weighted by atomic mass is 10.1. The first-order chi connectivity index (χ1) is 7.49. The van der Waals surface area contributed by atoms with Gasteiger partial charge in [0.1, 0.15) is 0 Å². The zero-order valence-electron chi connectivity index (χ0n) is 9.91. The lowest BCUT2D eigenvalue weighted by Crippen LogP contribution is -2.02. The quantitative estimate of drug-likeness (QED) is 0.369. The molecule has 16 heavy (non-hydrogen) atoms. The number of thioether (sulfide) groups is 1. The van der Waals surface area contributed by atoms with E-state index in [1.807, 2.05) is 12.1 Å². The molecule has 0 saturated carbocycles. The number of rotatable bonds is 4. The van der Waals surface area contributed by atoms with Gasteiger partial charge < -0.3 is 5.73 Å². The second-order valence-electron chi connectivity index (χ2n) is 3.99. The maximum absolute atomic E-state index is 5.65. The highest BCUT2D eigenvalue weighted by atomic mass is 127. The van der Waals surface area contributed by atoms with Crippen LogP contribution in [-0.4, -0.2) is 3.92 Å². The van der Waals surface area contributed by atoms with Crippen molar-refractivity contribution in [3.63, 3.8) is 0 Å². The van der Waals surface area contributed by atoms with Crippen molar-refractivity contribution in [1.82, 2.24) is 0 Å². The van der Waals surface area contributed by atoms with Crippen molar-refractivity contribution >= 4 is 40.0 Å². The molecular formula is C13H18INS. The van der Waals surface area contributed by atoms with Gasteiger partial charge in [-0.05, 0) is 42.0 Å². The summed E-state index contributed by atoms with van der Waals surface area (Å²) >= 11 is 4.27. The average molecular weight is 347 g/mol. The van der Waals surface area contributed by atoms with Gasteiger partial charge in [-0.15, -0.1) is 0 Å². The molecule has 0 saturated heterocycles. The van der Waals surface area contributed by atoms with Gasteiger partial charge >= 0.3 is 0 Å². The molecule has 0 aliphatic rings. The molecule has 0 aliphatic heterocycles. The van der Waals surface area contributed by atoms with Crippen molar-refractivity contribution < 1.29 is 0 Å². The minimum Gasteiger partial charge on any atom is -0.399 e. The van der Waals surface area contributed by atoms with Crippen LogP contribution in [0.3, 0.4) is 0 Å². The molecule has 3 heteroatoms. The van der Waals surface area contributed by atoms with Gasteiger partial charge in [0.05, 0.1) is 0 Å². The standard InChI is InChI=1S/C13H18INS/c1-9(11(3)14)8-10(2)16-13-6-4-12(15)5-7-13/h4-9,11H,15H2,1-3H3/b10-8+. The molecule has 88 valence electrons. The number of hydrogen-bond acceptors (Lipinski definition) is 2. The van der Waals surface area contributed by atoms with Crippen LogP contribution in [0.5, 0.6) is 0 Å². The molecule has 2 unspecified atom stereocenters. The van der Waals surface area contributed by atoms with Gasteiger partial charge in [0.2, 0.25) is 0 Å². The molecule has 0 radical (unpaired) electrons. The Hall–Kier alpha value is -0.160. The molecule has 0 heterocycles. The maximum atomic E-state index is 5.65. The van der Waals surface area contributed by atoms with Gasteiger partial charge in [-0.1, -0.05) is 54.3 Å². The van der Waals surface area contributed by atoms with Crippen LogP contribution in [0.15, 0.2) is 40.1 Å². The molecule has 0 bridgehead atoms. The van der Waals surface area contributed by atoms with Crippen molar-refractivity contribution in [2.45, 2.75) is 29.6 Å². The SMILES string of the molecule is C/C(=C\C(C)C(C)I)Sc1ccc(N)cc1. The molecule has 0 spiro atoms. The monoisotopic (exact) mass is 347 g/mol. The maximum Gasteiger partial charge on any atom is 0.0314 e. The first kappa shape index (κ1) is 13.9. The molecular weight excluding hydrogens is 329 g/mol. The normalized spacial score (nSPS) is 15.9. The van der Waals surface area contributed by atoms with Gasteiger partial charge in [-0.25, -0.2) is 0 Å². The highest BCUT2D eigenvalue weighted by Gasteiger charge is 2.06. The summed E-state index contributed by atoms with van der Waals surface area (Å²) in [5.74, 6) is 0.613. The van der Waals surface area contributed by atoms with Crippen LogP contribution in [-0.2, 0) is 0 Å². The predicted octanol–water partition coefficient (Wildman–Crippen LogP) is 4.72. The summed E-state index contributed by atoms with van der Waals surface area (Å²) in [4.78, 5) is 2.59. The van der Waals surface area contributed by atoms with Crippen LogP contribution in [0.1, 0.15) is 20.8 Å². The molecule has 1 aromatic carbocycles. The number of benzene rings is 1. The third-order valence-corrected chi connectivity index (χ3v) is 4.48. The number of nitrogen functional groups attached to an aromatic ring is 1. The van der Waals surface area contributed by atoms with E-state index in [4.69, 9.17) is 5.73 Å². The lowest BCUT2D eigenvalue weighted by molar-refractivity contribution is 0.736. The zero-order chi connectivity index (χ0) is 12.1. The fourth-order valence-corrected chi connectivity index (χ4v) is 2.39. The largest absolute Gasteiger partial charge is 0.399 e. The third-order valence-electron chi connectivity index (χ3n) is 2.38. The Morgan fingerprint density at radius 3 is 2.38 bits per heavy atom. The third kappa shape index (κ3) is 4.78. The summed E-state index contributed by atoms with van der Waals surface area (Å²) in [5.41, 5.74) is 6.47. The number of alkyl halides is 1. The van der Waals surface area contributed by atoms with Crippen molar-refractivity contribution in [3.05, 3.63) is 35.2 Å². The molecule has 0 aromatic heterocycles. The van der Waals surface area contributed by atoms with Crippen molar-refractivity contribution in [3.8, 4) is 0 Å². The van der Waals surface area contributed by atoms with Crippen LogP contribution in [0, 0.1) is 5.92 Å². The zero-order valence-corrected chi connectivity index (χ0v) is 12.9. The highest BCUT2D eigenvalue weighted by Crippen LogP contribution is 2.28. The van der Waals surface area contributed by atoms with E-state index < -0.39 is 0 Å². The number of halogens is 1. The second kappa shape index (κ2) is 6.55. The van der Waals surface area contributed by atoms with Crippen molar-refractivity contribution in [2.75, 3.05) is 5.73 Å². The summed E-state index contributed by atoms with van der Waals surface area (Å²) in [6.45, 7) is 6.66. The van der Waals surface area contributed by atoms with Gasteiger partial charge in [0.25, 0.3) is 0 Å². The minimum absolute atomic E-state index is 0.613.